The van der Waals surface area contributed by atoms with Crippen LogP contribution in [0.2, 0.25) is 0 Å². The third kappa shape index (κ3) is 10.0. The lowest BCUT2D eigenvalue weighted by molar-refractivity contribution is 0.264. The van der Waals surface area contributed by atoms with Crippen LogP contribution in [-0.4, -0.2) is 18.6 Å². The van der Waals surface area contributed by atoms with Crippen LogP contribution in [0.3, 0.4) is 0 Å². The monoisotopic (exact) mass is 675 g/mol. The number of benzene rings is 3. The average molecular weight is 676 g/mol. The first-order valence-corrected chi connectivity index (χ1v) is 18.0. The number of hydrogen-bond donors (Lipinski definition) is 0. The molecule has 0 aromatic heterocycles. The predicted octanol–water partition coefficient (Wildman–Crippen LogP) is 13.3. The molecule has 0 fully saturated rings. The van der Waals surface area contributed by atoms with E-state index in [1.165, 1.54) is 16.7 Å². The highest BCUT2D eigenvalue weighted by molar-refractivity contribution is 6.13. The second-order valence-corrected chi connectivity index (χ2v) is 15.5. The van der Waals surface area contributed by atoms with E-state index >= 15 is 0 Å². The molecule has 0 saturated carbocycles. The van der Waals surface area contributed by atoms with E-state index in [-0.39, 0.29) is 10.8 Å². The number of rotatable bonds is 11. The Kier molecular flexibility index (Phi) is 12.8. The molecule has 0 bridgehead atoms. The number of anilines is 2. The number of aliphatic imine (C=N–C) groups is 2. The molecule has 4 rings (SSSR count). The standard InChI is InChI=1S/C48H57N3/c1-13-37-21-16-15-17-24-43(37)44-25-18-19-26-45(44)51(12)42-23-20-22-40(33-42)36(5)50-46(38(14-2)28-27-34(3)47(6,7)8)49-35(4)39-29-31-41(32-30-39)48(9,10)11/h13-16,18-26,28-34H,1-2,4,17,27H2,3,5-12H3/b38-28+,49-46?,50-36?. The van der Waals surface area contributed by atoms with Crippen molar-refractivity contribution in [3.8, 4) is 0 Å². The molecule has 0 radical (unpaired) electrons. The highest BCUT2D eigenvalue weighted by Crippen LogP contribution is 2.36. The van der Waals surface area contributed by atoms with Gasteiger partial charge in [-0.2, -0.15) is 0 Å². The summed E-state index contributed by atoms with van der Waals surface area (Å²) in [5.41, 5.74) is 11.6. The third-order valence-corrected chi connectivity index (χ3v) is 9.85. The van der Waals surface area contributed by atoms with Gasteiger partial charge in [0.15, 0.2) is 5.84 Å². The minimum Gasteiger partial charge on any atom is -0.344 e. The molecule has 1 aliphatic rings. The maximum absolute atomic E-state index is 5.19. The van der Waals surface area contributed by atoms with Gasteiger partial charge in [0.25, 0.3) is 0 Å². The molecular formula is C48H57N3. The van der Waals surface area contributed by atoms with Gasteiger partial charge in [-0.15, -0.1) is 0 Å². The first kappa shape index (κ1) is 38.8. The van der Waals surface area contributed by atoms with E-state index in [4.69, 9.17) is 9.98 Å². The predicted molar refractivity (Wildman–Crippen MR) is 226 cm³/mol. The van der Waals surface area contributed by atoms with Gasteiger partial charge in [0.05, 0.1) is 5.70 Å². The van der Waals surface area contributed by atoms with Gasteiger partial charge in [-0.3, -0.25) is 0 Å². The largest absolute Gasteiger partial charge is 0.344 e. The molecule has 51 heavy (non-hydrogen) atoms. The topological polar surface area (TPSA) is 28.0 Å². The summed E-state index contributed by atoms with van der Waals surface area (Å²) in [6, 6.07) is 25.6. The molecule has 1 aliphatic carbocycles. The summed E-state index contributed by atoms with van der Waals surface area (Å²) in [6.07, 6.45) is 16.5. The van der Waals surface area contributed by atoms with Gasteiger partial charge < -0.3 is 4.90 Å². The van der Waals surface area contributed by atoms with E-state index in [2.05, 4.69) is 183 Å². The summed E-state index contributed by atoms with van der Waals surface area (Å²) < 4.78 is 0. The first-order chi connectivity index (χ1) is 24.1. The van der Waals surface area contributed by atoms with Crippen molar-refractivity contribution in [2.45, 2.75) is 73.6 Å². The van der Waals surface area contributed by atoms with Crippen molar-refractivity contribution >= 4 is 34.2 Å². The molecular weight excluding hydrogens is 619 g/mol. The summed E-state index contributed by atoms with van der Waals surface area (Å²) in [5, 5.41) is 0. The summed E-state index contributed by atoms with van der Waals surface area (Å²) in [5.74, 6) is 1.07. The van der Waals surface area contributed by atoms with Gasteiger partial charge in [0, 0.05) is 35.3 Å². The molecule has 3 nitrogen and oxygen atoms in total. The van der Waals surface area contributed by atoms with Gasteiger partial charge in [0.2, 0.25) is 0 Å². The van der Waals surface area contributed by atoms with Crippen LogP contribution in [0.25, 0.3) is 11.3 Å². The number of hydrogen-bond acceptors (Lipinski definition) is 2. The van der Waals surface area contributed by atoms with Crippen molar-refractivity contribution in [3.05, 3.63) is 168 Å². The van der Waals surface area contributed by atoms with E-state index in [1.807, 2.05) is 19.1 Å². The number of allylic oxidation sites excluding steroid dienone is 8. The van der Waals surface area contributed by atoms with E-state index < -0.39 is 0 Å². The maximum atomic E-state index is 5.19. The summed E-state index contributed by atoms with van der Waals surface area (Å²) in [7, 11) is 2.12. The second-order valence-electron chi connectivity index (χ2n) is 15.5. The molecule has 3 aromatic rings. The van der Waals surface area contributed by atoms with E-state index in [0.29, 0.717) is 17.5 Å². The Morgan fingerprint density at radius 1 is 0.902 bits per heavy atom. The van der Waals surface area contributed by atoms with Gasteiger partial charge in [-0.25, -0.2) is 9.98 Å². The lowest BCUT2D eigenvalue weighted by Gasteiger charge is -2.26. The minimum atomic E-state index is 0.0679. The van der Waals surface area contributed by atoms with Crippen LogP contribution in [0.5, 0.6) is 0 Å². The van der Waals surface area contributed by atoms with Crippen LogP contribution in [0.15, 0.2) is 156 Å². The SMILES string of the molecule is C=CC1=CC=CCC=C1c1ccccc1N(C)c1cccc(C(C)=NC(=NC(=C)c2ccc(C(C)(C)C)cc2)/C(C=C)=C/CC(C)C(C)(C)C)c1. The third-order valence-electron chi connectivity index (χ3n) is 9.85. The molecule has 1 unspecified atom stereocenters. The molecule has 1 atom stereocenters. The van der Waals surface area contributed by atoms with Crippen LogP contribution >= 0.6 is 0 Å². The Labute approximate surface area is 308 Å². The van der Waals surface area contributed by atoms with Crippen LogP contribution in [0, 0.1) is 11.3 Å². The maximum Gasteiger partial charge on any atom is 0.159 e. The summed E-state index contributed by atoms with van der Waals surface area (Å²) >= 11 is 0. The normalized spacial score (nSPS) is 15.0. The second kappa shape index (κ2) is 16.8. The highest BCUT2D eigenvalue weighted by atomic mass is 15.1. The fourth-order valence-corrected chi connectivity index (χ4v) is 5.82. The van der Waals surface area contributed by atoms with Crippen molar-refractivity contribution in [1.82, 2.24) is 0 Å². The number of para-hydroxylation sites is 1. The molecule has 0 spiro atoms. The fourth-order valence-electron chi connectivity index (χ4n) is 5.82. The lowest BCUT2D eigenvalue weighted by atomic mass is 9.80. The average Bonchev–Trinajstić information content (AvgIpc) is 3.36. The van der Waals surface area contributed by atoms with Crippen LogP contribution in [0.1, 0.15) is 90.5 Å². The van der Waals surface area contributed by atoms with Gasteiger partial charge in [0.1, 0.15) is 0 Å². The molecule has 0 amide bonds. The van der Waals surface area contributed by atoms with Gasteiger partial charge in [-0.1, -0.05) is 165 Å². The Hall–Kier alpha value is -5.02. The smallest absolute Gasteiger partial charge is 0.159 e. The zero-order valence-corrected chi connectivity index (χ0v) is 32.4. The molecule has 264 valence electrons. The fraction of sp³-hybridized carbons (Fsp3) is 0.292. The molecule has 0 N–H and O–H groups in total. The van der Waals surface area contributed by atoms with Crippen molar-refractivity contribution in [1.29, 1.82) is 0 Å². The van der Waals surface area contributed by atoms with Crippen molar-refractivity contribution in [2.24, 2.45) is 21.3 Å². The zero-order valence-electron chi connectivity index (χ0n) is 32.4. The quantitative estimate of drug-likeness (QED) is 0.113. The van der Waals surface area contributed by atoms with Crippen molar-refractivity contribution in [2.75, 3.05) is 11.9 Å². The minimum absolute atomic E-state index is 0.0679. The summed E-state index contributed by atoms with van der Waals surface area (Å²) in [4.78, 5) is 12.5. The molecule has 0 aliphatic heterocycles. The Morgan fingerprint density at radius 2 is 1.61 bits per heavy atom. The number of nitrogens with zero attached hydrogens (tertiary/aromatic N) is 3. The van der Waals surface area contributed by atoms with Crippen LogP contribution < -0.4 is 4.90 Å². The van der Waals surface area contributed by atoms with E-state index in [0.717, 1.165) is 52.2 Å². The van der Waals surface area contributed by atoms with Gasteiger partial charge in [-0.05, 0) is 82.5 Å². The van der Waals surface area contributed by atoms with Crippen LogP contribution in [0.4, 0.5) is 11.4 Å². The lowest BCUT2D eigenvalue weighted by Crippen LogP contribution is -2.16. The molecule has 0 heterocycles. The molecule has 3 aromatic carbocycles. The Morgan fingerprint density at radius 3 is 2.25 bits per heavy atom. The van der Waals surface area contributed by atoms with E-state index in [1.54, 1.807) is 0 Å². The molecule has 0 saturated heterocycles. The highest BCUT2D eigenvalue weighted by Gasteiger charge is 2.20. The zero-order chi connectivity index (χ0) is 37.3. The van der Waals surface area contributed by atoms with Crippen LogP contribution in [-0.2, 0) is 5.41 Å². The number of amidine groups is 1. The Balaban J connectivity index is 1.75. The van der Waals surface area contributed by atoms with Crippen molar-refractivity contribution < 1.29 is 0 Å². The van der Waals surface area contributed by atoms with Gasteiger partial charge >= 0.3 is 0 Å². The molecule has 3 heteroatoms. The van der Waals surface area contributed by atoms with E-state index in [9.17, 15) is 0 Å². The summed E-state index contributed by atoms with van der Waals surface area (Å²) in [6.45, 7) is 30.5. The van der Waals surface area contributed by atoms with Crippen molar-refractivity contribution in [3.63, 3.8) is 0 Å². The first-order valence-electron chi connectivity index (χ1n) is 18.0. The Bertz CT molecular complexity index is 1920.